The van der Waals surface area contributed by atoms with Gasteiger partial charge >= 0.3 is 0 Å². The molecular formula is C22H29N3O4. The lowest BCUT2D eigenvalue weighted by Gasteiger charge is -2.36. The van der Waals surface area contributed by atoms with Crippen molar-refractivity contribution in [1.82, 2.24) is 9.80 Å². The molecule has 1 aromatic rings. The number of carbonyl (C=O) groups excluding carboxylic acids is 1. The number of ether oxygens (including phenoxy) is 3. The lowest BCUT2D eigenvalue weighted by atomic mass is 9.92. The molecule has 1 atom stereocenters. The molecule has 2 saturated heterocycles. The molecule has 0 unspecified atom stereocenters. The zero-order chi connectivity index (χ0) is 20.1. The van der Waals surface area contributed by atoms with Crippen LogP contribution < -0.4 is 9.47 Å². The fourth-order valence-corrected chi connectivity index (χ4v) is 4.38. The van der Waals surface area contributed by atoms with Crippen molar-refractivity contribution in [3.05, 3.63) is 23.8 Å². The van der Waals surface area contributed by atoms with Gasteiger partial charge in [0.2, 0.25) is 5.91 Å². The van der Waals surface area contributed by atoms with Gasteiger partial charge < -0.3 is 19.1 Å². The Morgan fingerprint density at radius 1 is 1.17 bits per heavy atom. The van der Waals surface area contributed by atoms with E-state index in [0.717, 1.165) is 50.8 Å². The molecule has 3 aliphatic rings. The first kappa shape index (κ1) is 20.0. The van der Waals surface area contributed by atoms with Crippen LogP contribution in [0.25, 0.3) is 0 Å². The molecule has 7 nitrogen and oxygen atoms in total. The van der Waals surface area contributed by atoms with Crippen LogP contribution in [-0.4, -0.2) is 74.4 Å². The molecule has 3 heterocycles. The molecule has 0 bridgehead atoms. The van der Waals surface area contributed by atoms with Gasteiger partial charge in [-0.25, -0.2) is 0 Å². The molecule has 0 spiro atoms. The number of amides is 1. The van der Waals surface area contributed by atoms with Crippen LogP contribution in [0.5, 0.6) is 11.5 Å². The van der Waals surface area contributed by atoms with E-state index in [2.05, 4.69) is 11.0 Å². The van der Waals surface area contributed by atoms with E-state index in [1.54, 1.807) is 18.2 Å². The number of likely N-dealkylation sites (tertiary alicyclic amines) is 1. The van der Waals surface area contributed by atoms with E-state index in [4.69, 9.17) is 19.5 Å². The summed E-state index contributed by atoms with van der Waals surface area (Å²) in [6.45, 7) is 6.06. The van der Waals surface area contributed by atoms with Gasteiger partial charge in [-0.05, 0) is 56.8 Å². The normalized spacial score (nSPS) is 23.1. The van der Waals surface area contributed by atoms with Crippen molar-refractivity contribution in [3.63, 3.8) is 0 Å². The number of hydrogen-bond donors (Lipinski definition) is 0. The van der Waals surface area contributed by atoms with Crippen LogP contribution in [0.2, 0.25) is 0 Å². The molecular weight excluding hydrogens is 370 g/mol. The number of benzene rings is 1. The van der Waals surface area contributed by atoms with Crippen molar-refractivity contribution in [1.29, 1.82) is 5.26 Å². The van der Waals surface area contributed by atoms with Crippen molar-refractivity contribution in [3.8, 4) is 17.6 Å². The number of piperidine rings is 1. The fourth-order valence-electron chi connectivity index (χ4n) is 4.38. The summed E-state index contributed by atoms with van der Waals surface area (Å²) in [6, 6.07) is 7.46. The Morgan fingerprint density at radius 2 is 2.03 bits per heavy atom. The van der Waals surface area contributed by atoms with Gasteiger partial charge in [-0.15, -0.1) is 0 Å². The van der Waals surface area contributed by atoms with E-state index in [0.29, 0.717) is 24.5 Å². The van der Waals surface area contributed by atoms with E-state index in [9.17, 15) is 4.79 Å². The summed E-state index contributed by atoms with van der Waals surface area (Å²) in [7, 11) is 0. The third-order valence-electron chi connectivity index (χ3n) is 6.08. The number of morpholine rings is 1. The summed E-state index contributed by atoms with van der Waals surface area (Å²) < 4.78 is 17.1. The molecule has 3 aliphatic heterocycles. The Labute approximate surface area is 172 Å². The number of nitrogens with zero attached hydrogens (tertiary/aromatic N) is 3. The van der Waals surface area contributed by atoms with Gasteiger partial charge in [0.25, 0.3) is 0 Å². The van der Waals surface area contributed by atoms with Gasteiger partial charge in [-0.1, -0.05) is 0 Å². The minimum Gasteiger partial charge on any atom is -0.486 e. The van der Waals surface area contributed by atoms with Crippen LogP contribution in [-0.2, 0) is 9.53 Å². The number of carbonyl (C=O) groups is 1. The first-order chi connectivity index (χ1) is 14.2. The lowest BCUT2D eigenvalue weighted by Crippen LogP contribution is -2.44. The molecule has 7 heteroatoms. The van der Waals surface area contributed by atoms with E-state index < -0.39 is 0 Å². The summed E-state index contributed by atoms with van der Waals surface area (Å²) >= 11 is 0. The van der Waals surface area contributed by atoms with Crippen molar-refractivity contribution < 1.29 is 19.0 Å². The second-order valence-electron chi connectivity index (χ2n) is 8.14. The van der Waals surface area contributed by atoms with E-state index in [1.165, 1.54) is 19.3 Å². The highest BCUT2D eigenvalue weighted by atomic mass is 16.6. The molecule has 4 rings (SSSR count). The molecule has 1 aromatic carbocycles. The molecule has 0 aliphatic carbocycles. The molecule has 0 saturated carbocycles. The average molecular weight is 399 g/mol. The van der Waals surface area contributed by atoms with E-state index in [-0.39, 0.29) is 18.6 Å². The molecule has 1 amide bonds. The summed E-state index contributed by atoms with van der Waals surface area (Å²) in [5.41, 5.74) is 0.590. The van der Waals surface area contributed by atoms with Crippen LogP contribution in [0.15, 0.2) is 18.2 Å². The smallest absolute Gasteiger partial charge is 0.248 e. The number of nitriles is 1. The molecule has 0 radical (unpaired) electrons. The van der Waals surface area contributed by atoms with Crippen LogP contribution in [0.1, 0.15) is 31.2 Å². The van der Waals surface area contributed by atoms with Crippen LogP contribution >= 0.6 is 0 Å². The quantitative estimate of drug-likeness (QED) is 0.729. The number of fused-ring (bicyclic) bond motifs is 1. The maximum atomic E-state index is 11.8. The van der Waals surface area contributed by atoms with E-state index in [1.807, 2.05) is 4.90 Å². The largest absolute Gasteiger partial charge is 0.486 e. The SMILES string of the molecule is N#Cc1ccc2c(c1)O[C@@H](CN1CCC(CCCN3CCOCC3=O)CC1)CO2. The van der Waals surface area contributed by atoms with Gasteiger partial charge in [0, 0.05) is 25.7 Å². The topological polar surface area (TPSA) is 75.0 Å². The second kappa shape index (κ2) is 9.47. The van der Waals surface area contributed by atoms with Gasteiger partial charge in [-0.3, -0.25) is 9.69 Å². The minimum absolute atomic E-state index is 0.000302. The van der Waals surface area contributed by atoms with Gasteiger partial charge in [-0.2, -0.15) is 5.26 Å². The Kier molecular flexibility index (Phi) is 6.53. The molecule has 2 fully saturated rings. The van der Waals surface area contributed by atoms with Gasteiger partial charge in [0.1, 0.15) is 19.3 Å². The Balaban J connectivity index is 1.16. The maximum absolute atomic E-state index is 11.8. The monoisotopic (exact) mass is 399 g/mol. The molecule has 0 N–H and O–H groups in total. The second-order valence-corrected chi connectivity index (χ2v) is 8.14. The Morgan fingerprint density at radius 3 is 2.83 bits per heavy atom. The predicted molar refractivity (Wildman–Crippen MR) is 107 cm³/mol. The van der Waals surface area contributed by atoms with E-state index >= 15 is 0 Å². The summed E-state index contributed by atoms with van der Waals surface area (Å²) in [4.78, 5) is 16.2. The highest BCUT2D eigenvalue weighted by molar-refractivity contribution is 5.77. The minimum atomic E-state index is 0.000302. The molecule has 0 aromatic heterocycles. The Bertz CT molecular complexity index is 755. The average Bonchev–Trinajstić information content (AvgIpc) is 2.76. The van der Waals surface area contributed by atoms with Crippen molar-refractivity contribution in [2.75, 3.05) is 52.5 Å². The third-order valence-corrected chi connectivity index (χ3v) is 6.08. The number of rotatable bonds is 6. The highest BCUT2D eigenvalue weighted by Gasteiger charge is 2.26. The zero-order valence-electron chi connectivity index (χ0n) is 16.8. The zero-order valence-corrected chi connectivity index (χ0v) is 16.8. The Hall–Kier alpha value is -2.30. The van der Waals surface area contributed by atoms with Crippen LogP contribution in [0, 0.1) is 17.2 Å². The van der Waals surface area contributed by atoms with Crippen molar-refractivity contribution in [2.45, 2.75) is 31.8 Å². The van der Waals surface area contributed by atoms with Crippen molar-refractivity contribution in [2.24, 2.45) is 5.92 Å². The number of hydrogen-bond acceptors (Lipinski definition) is 6. The van der Waals surface area contributed by atoms with Gasteiger partial charge in [0.15, 0.2) is 11.5 Å². The molecule has 156 valence electrons. The fraction of sp³-hybridized carbons (Fsp3) is 0.636. The standard InChI is InChI=1S/C22H29N3O4/c23-13-18-3-4-20-21(12-18)29-19(15-28-20)14-24-8-5-17(6-9-24)2-1-7-25-10-11-27-16-22(25)26/h3-4,12,17,19H,1-2,5-11,14-16H2/t19-/m0/s1. The lowest BCUT2D eigenvalue weighted by molar-refractivity contribution is -0.142. The van der Waals surface area contributed by atoms with Crippen molar-refractivity contribution >= 4 is 5.91 Å². The summed E-state index contributed by atoms with van der Waals surface area (Å²) in [6.07, 6.45) is 4.65. The van der Waals surface area contributed by atoms with Crippen LogP contribution in [0.4, 0.5) is 0 Å². The molecule has 29 heavy (non-hydrogen) atoms. The van der Waals surface area contributed by atoms with Gasteiger partial charge in [0.05, 0.1) is 18.2 Å². The first-order valence-electron chi connectivity index (χ1n) is 10.6. The summed E-state index contributed by atoms with van der Waals surface area (Å²) in [5, 5.41) is 9.06. The third kappa shape index (κ3) is 5.20. The predicted octanol–water partition coefficient (Wildman–Crippen LogP) is 2.05. The highest BCUT2D eigenvalue weighted by Crippen LogP contribution is 2.33. The summed E-state index contributed by atoms with van der Waals surface area (Å²) in [5.74, 6) is 2.26. The first-order valence-corrected chi connectivity index (χ1v) is 10.6. The maximum Gasteiger partial charge on any atom is 0.248 e. The van der Waals surface area contributed by atoms with Crippen LogP contribution in [0.3, 0.4) is 0 Å².